The van der Waals surface area contributed by atoms with Gasteiger partial charge in [-0.3, -0.25) is 0 Å². The minimum absolute atomic E-state index is 0.0130. The van der Waals surface area contributed by atoms with Gasteiger partial charge in [0.15, 0.2) is 5.82 Å². The number of rotatable bonds is 3. The van der Waals surface area contributed by atoms with Crippen LogP contribution in [-0.4, -0.2) is 20.6 Å². The molecule has 104 valence electrons. The SMILES string of the molecule is N#CC(=CNc1c(Cl)cc(Cl)c(F)c1C#N)c1nn[nH]n1. The van der Waals surface area contributed by atoms with E-state index in [1.54, 1.807) is 6.07 Å². The highest BCUT2D eigenvalue weighted by Gasteiger charge is 2.16. The number of allylic oxidation sites excluding steroid dienone is 1. The van der Waals surface area contributed by atoms with E-state index >= 15 is 0 Å². The lowest BCUT2D eigenvalue weighted by Gasteiger charge is -2.08. The molecule has 0 aliphatic heterocycles. The smallest absolute Gasteiger partial charge is 0.216 e. The molecule has 2 rings (SSSR count). The first-order valence-corrected chi connectivity index (χ1v) is 6.02. The molecule has 0 saturated carbocycles. The molecule has 2 N–H and O–H groups in total. The van der Waals surface area contributed by atoms with Crippen LogP contribution in [0.4, 0.5) is 10.1 Å². The minimum atomic E-state index is -0.905. The maximum atomic E-state index is 13.7. The number of hydrogen-bond acceptors (Lipinski definition) is 6. The summed E-state index contributed by atoms with van der Waals surface area (Å²) in [5.41, 5.74) is -0.370. The predicted octanol–water partition coefficient (Wildman–Crippen LogP) is 2.49. The van der Waals surface area contributed by atoms with Gasteiger partial charge in [0.05, 0.1) is 15.7 Å². The highest BCUT2D eigenvalue weighted by Crippen LogP contribution is 2.33. The standard InChI is InChI=1S/C11H4Cl2FN7/c12-7-1-8(13)10(6(3-16)9(7)14)17-4-5(2-15)11-18-20-21-19-11/h1,4,17H,(H,18,19,20,21). The molecule has 10 heteroatoms. The number of nitriles is 2. The number of nitrogens with one attached hydrogen (secondary N) is 2. The third-order valence-electron chi connectivity index (χ3n) is 2.35. The largest absolute Gasteiger partial charge is 0.358 e. The fraction of sp³-hybridized carbons (Fsp3) is 0. The van der Waals surface area contributed by atoms with Crippen molar-refractivity contribution in [2.75, 3.05) is 5.32 Å². The van der Waals surface area contributed by atoms with E-state index < -0.39 is 5.82 Å². The van der Waals surface area contributed by atoms with Crippen LogP contribution in [0.5, 0.6) is 0 Å². The number of nitrogens with zero attached hydrogens (tertiary/aromatic N) is 5. The van der Waals surface area contributed by atoms with Crippen LogP contribution in [0.3, 0.4) is 0 Å². The normalized spacial score (nSPS) is 10.8. The van der Waals surface area contributed by atoms with Gasteiger partial charge in [-0.1, -0.05) is 23.2 Å². The van der Waals surface area contributed by atoms with E-state index in [9.17, 15) is 4.39 Å². The van der Waals surface area contributed by atoms with Crippen molar-refractivity contribution in [2.24, 2.45) is 0 Å². The highest BCUT2D eigenvalue weighted by atomic mass is 35.5. The number of aromatic amines is 1. The van der Waals surface area contributed by atoms with Crippen LogP contribution >= 0.6 is 23.2 Å². The molecule has 0 aliphatic rings. The van der Waals surface area contributed by atoms with Gasteiger partial charge in [-0.2, -0.15) is 15.7 Å². The van der Waals surface area contributed by atoms with Crippen LogP contribution in [0.1, 0.15) is 11.4 Å². The van der Waals surface area contributed by atoms with Gasteiger partial charge in [0, 0.05) is 6.20 Å². The number of halogens is 3. The van der Waals surface area contributed by atoms with E-state index in [0.717, 1.165) is 6.07 Å². The summed E-state index contributed by atoms with van der Waals surface area (Å²) >= 11 is 11.5. The monoisotopic (exact) mass is 323 g/mol. The fourth-order valence-corrected chi connectivity index (χ4v) is 1.93. The molecule has 1 heterocycles. The lowest BCUT2D eigenvalue weighted by Crippen LogP contribution is -1.99. The number of aromatic nitrogens is 4. The molecular formula is C11H4Cl2FN7. The van der Waals surface area contributed by atoms with Crippen LogP contribution in [0.2, 0.25) is 10.0 Å². The summed E-state index contributed by atoms with van der Waals surface area (Å²) in [6.45, 7) is 0. The third kappa shape index (κ3) is 2.92. The first-order valence-electron chi connectivity index (χ1n) is 5.26. The molecule has 0 atom stereocenters. The molecule has 7 nitrogen and oxygen atoms in total. The Labute approximate surface area is 127 Å². The van der Waals surface area contributed by atoms with E-state index in [1.165, 1.54) is 6.20 Å². The summed E-state index contributed by atoms with van der Waals surface area (Å²) in [4.78, 5) is 0. The van der Waals surface area contributed by atoms with Crippen molar-refractivity contribution in [1.29, 1.82) is 10.5 Å². The summed E-state index contributed by atoms with van der Waals surface area (Å²) < 4.78 is 13.7. The summed E-state index contributed by atoms with van der Waals surface area (Å²) in [6.07, 6.45) is 1.18. The van der Waals surface area contributed by atoms with Gasteiger partial charge in [0.25, 0.3) is 0 Å². The number of tetrazole rings is 1. The Morgan fingerprint density at radius 3 is 2.71 bits per heavy atom. The van der Waals surface area contributed by atoms with Crippen molar-refractivity contribution >= 4 is 34.5 Å². The van der Waals surface area contributed by atoms with Gasteiger partial charge in [-0.05, 0) is 11.3 Å². The van der Waals surface area contributed by atoms with Crippen LogP contribution < -0.4 is 5.32 Å². The maximum Gasteiger partial charge on any atom is 0.216 e. The van der Waals surface area contributed by atoms with Crippen molar-refractivity contribution in [3.63, 3.8) is 0 Å². The molecular weight excluding hydrogens is 320 g/mol. The van der Waals surface area contributed by atoms with Crippen LogP contribution in [0.25, 0.3) is 5.57 Å². The topological polar surface area (TPSA) is 114 Å². The Hall–Kier alpha value is -2.68. The Morgan fingerprint density at radius 2 is 2.14 bits per heavy atom. The highest BCUT2D eigenvalue weighted by molar-refractivity contribution is 6.36. The van der Waals surface area contributed by atoms with Crippen molar-refractivity contribution in [1.82, 2.24) is 20.6 Å². The van der Waals surface area contributed by atoms with Gasteiger partial charge in [-0.15, -0.1) is 10.2 Å². The Morgan fingerprint density at radius 1 is 1.38 bits per heavy atom. The van der Waals surface area contributed by atoms with E-state index in [-0.39, 0.29) is 32.7 Å². The molecule has 0 amide bonds. The van der Waals surface area contributed by atoms with Gasteiger partial charge in [0.1, 0.15) is 23.3 Å². The van der Waals surface area contributed by atoms with Crippen molar-refractivity contribution in [3.8, 4) is 12.1 Å². The first-order chi connectivity index (χ1) is 10.1. The molecule has 0 fully saturated rings. The third-order valence-corrected chi connectivity index (χ3v) is 2.92. The molecule has 0 saturated heterocycles. The zero-order valence-corrected chi connectivity index (χ0v) is 11.5. The molecule has 0 spiro atoms. The molecule has 0 bridgehead atoms. The molecule has 2 aromatic rings. The summed E-state index contributed by atoms with van der Waals surface area (Å²) in [6, 6.07) is 4.63. The average Bonchev–Trinajstić information content (AvgIpc) is 2.99. The number of H-pyrrole nitrogens is 1. The van der Waals surface area contributed by atoms with Gasteiger partial charge < -0.3 is 5.32 Å². The Bertz CT molecular complexity index is 786. The zero-order valence-electron chi connectivity index (χ0n) is 10.0. The lowest BCUT2D eigenvalue weighted by atomic mass is 10.1. The van der Waals surface area contributed by atoms with Gasteiger partial charge in [0.2, 0.25) is 5.82 Å². The minimum Gasteiger partial charge on any atom is -0.358 e. The van der Waals surface area contributed by atoms with Gasteiger partial charge in [-0.25, -0.2) is 4.39 Å². The second-order valence-electron chi connectivity index (χ2n) is 3.57. The van der Waals surface area contributed by atoms with Crippen LogP contribution in [-0.2, 0) is 0 Å². The van der Waals surface area contributed by atoms with Gasteiger partial charge >= 0.3 is 0 Å². The zero-order chi connectivity index (χ0) is 15.4. The van der Waals surface area contributed by atoms with Crippen LogP contribution in [0, 0.1) is 28.5 Å². The van der Waals surface area contributed by atoms with Crippen molar-refractivity contribution in [3.05, 3.63) is 39.5 Å². The number of hydrogen-bond donors (Lipinski definition) is 2. The first kappa shape index (κ1) is 14.7. The molecule has 21 heavy (non-hydrogen) atoms. The van der Waals surface area contributed by atoms with E-state index in [1.807, 2.05) is 6.07 Å². The number of benzene rings is 1. The van der Waals surface area contributed by atoms with Crippen molar-refractivity contribution in [2.45, 2.75) is 0 Å². The quantitative estimate of drug-likeness (QED) is 0.662. The maximum absolute atomic E-state index is 13.7. The van der Waals surface area contributed by atoms with E-state index in [4.69, 9.17) is 33.7 Å². The fourth-order valence-electron chi connectivity index (χ4n) is 1.41. The average molecular weight is 324 g/mol. The summed E-state index contributed by atoms with van der Waals surface area (Å²) in [7, 11) is 0. The predicted molar refractivity (Wildman–Crippen MR) is 72.5 cm³/mol. The Kier molecular flexibility index (Phi) is 4.33. The molecule has 0 aliphatic carbocycles. The molecule has 0 unspecified atom stereocenters. The molecule has 1 aromatic carbocycles. The summed E-state index contributed by atoms with van der Waals surface area (Å²) in [5, 5.41) is 33.1. The molecule has 0 radical (unpaired) electrons. The van der Waals surface area contributed by atoms with Crippen molar-refractivity contribution < 1.29 is 4.39 Å². The molecule has 1 aromatic heterocycles. The van der Waals surface area contributed by atoms with E-state index in [2.05, 4.69) is 25.9 Å². The second kappa shape index (κ2) is 6.18. The van der Waals surface area contributed by atoms with E-state index in [0.29, 0.717) is 0 Å². The second-order valence-corrected chi connectivity index (χ2v) is 4.38. The summed E-state index contributed by atoms with van der Waals surface area (Å²) in [5.74, 6) is -0.869. The Balaban J connectivity index is 2.44. The lowest BCUT2D eigenvalue weighted by molar-refractivity contribution is 0.625. The van der Waals surface area contributed by atoms with Crippen LogP contribution in [0.15, 0.2) is 12.3 Å². The number of anilines is 1.